The van der Waals surface area contributed by atoms with Crippen molar-refractivity contribution in [1.82, 2.24) is 29.9 Å². The lowest BCUT2D eigenvalue weighted by Gasteiger charge is -2.08. The first-order valence-electron chi connectivity index (χ1n) is 7.32. The molecular formula is C14H24N6. The number of nitrogens with zero attached hydrogens (tertiary/aromatic N) is 5. The molecule has 2 aromatic heterocycles. The van der Waals surface area contributed by atoms with Crippen molar-refractivity contribution in [3.8, 4) is 0 Å². The number of hydrogen-bond acceptors (Lipinski definition) is 4. The molecule has 2 aromatic rings. The van der Waals surface area contributed by atoms with E-state index in [1.807, 2.05) is 7.05 Å². The molecule has 0 unspecified atom stereocenters. The van der Waals surface area contributed by atoms with Crippen LogP contribution in [0.3, 0.4) is 0 Å². The molecule has 0 aromatic carbocycles. The zero-order chi connectivity index (χ0) is 14.5. The summed E-state index contributed by atoms with van der Waals surface area (Å²) in [7, 11) is 1.91. The Bertz CT molecular complexity index is 554. The van der Waals surface area contributed by atoms with Crippen LogP contribution in [-0.4, -0.2) is 31.1 Å². The zero-order valence-electron chi connectivity index (χ0n) is 12.8. The number of nitrogens with one attached hydrogen (secondary N) is 1. The van der Waals surface area contributed by atoms with E-state index in [1.54, 1.807) is 11.0 Å². The molecule has 6 nitrogen and oxygen atoms in total. The highest BCUT2D eigenvalue weighted by molar-refractivity contribution is 5.27. The summed E-state index contributed by atoms with van der Waals surface area (Å²) in [6.07, 6.45) is 3.52. The van der Waals surface area contributed by atoms with Crippen LogP contribution in [0.4, 0.5) is 0 Å². The monoisotopic (exact) mass is 276 g/mol. The molecule has 0 atom stereocenters. The second-order valence-corrected chi connectivity index (χ2v) is 4.82. The van der Waals surface area contributed by atoms with Gasteiger partial charge in [-0.25, -0.2) is 4.98 Å². The van der Waals surface area contributed by atoms with Gasteiger partial charge in [0.1, 0.15) is 18.7 Å². The molecule has 2 heterocycles. The molecule has 0 radical (unpaired) electrons. The van der Waals surface area contributed by atoms with E-state index in [9.17, 15) is 0 Å². The minimum Gasteiger partial charge on any atom is -0.313 e. The maximum atomic E-state index is 4.76. The topological polar surface area (TPSA) is 60.6 Å². The molecule has 6 heteroatoms. The van der Waals surface area contributed by atoms with Gasteiger partial charge in [-0.2, -0.15) is 10.2 Å². The lowest BCUT2D eigenvalue weighted by atomic mass is 10.1. The minimum absolute atomic E-state index is 0.679. The number of hydrogen-bond donors (Lipinski definition) is 1. The Kier molecular flexibility index (Phi) is 4.89. The first kappa shape index (κ1) is 14.7. The first-order chi connectivity index (χ1) is 9.71. The fraction of sp³-hybridized carbons (Fsp3) is 0.643. The molecule has 0 saturated heterocycles. The highest BCUT2D eigenvalue weighted by Crippen LogP contribution is 2.17. The molecular weight excluding hydrogens is 252 g/mol. The maximum absolute atomic E-state index is 4.76. The Morgan fingerprint density at radius 1 is 1.20 bits per heavy atom. The Hall–Kier alpha value is -1.69. The van der Waals surface area contributed by atoms with Gasteiger partial charge in [0.2, 0.25) is 0 Å². The largest absolute Gasteiger partial charge is 0.313 e. The third-order valence-corrected chi connectivity index (χ3v) is 3.57. The summed E-state index contributed by atoms with van der Waals surface area (Å²) >= 11 is 0. The molecule has 0 fully saturated rings. The predicted molar refractivity (Wildman–Crippen MR) is 78.5 cm³/mol. The second kappa shape index (κ2) is 6.65. The van der Waals surface area contributed by atoms with Gasteiger partial charge in [-0.15, -0.1) is 0 Å². The van der Waals surface area contributed by atoms with Crippen LogP contribution in [0, 0.1) is 0 Å². The van der Waals surface area contributed by atoms with Gasteiger partial charge in [-0.05, 0) is 19.4 Å². The van der Waals surface area contributed by atoms with Crippen molar-refractivity contribution in [2.45, 2.75) is 46.7 Å². The first-order valence-corrected chi connectivity index (χ1v) is 7.32. The van der Waals surface area contributed by atoms with Gasteiger partial charge in [0.15, 0.2) is 0 Å². The summed E-state index contributed by atoms with van der Waals surface area (Å²) in [5.41, 5.74) is 3.83. The summed E-state index contributed by atoms with van der Waals surface area (Å²) in [5.74, 6) is 0.930. The van der Waals surface area contributed by atoms with Gasteiger partial charge >= 0.3 is 0 Å². The summed E-state index contributed by atoms with van der Waals surface area (Å²) in [5, 5.41) is 12.3. The molecule has 0 aliphatic heterocycles. The average molecular weight is 276 g/mol. The van der Waals surface area contributed by atoms with Crippen molar-refractivity contribution < 1.29 is 0 Å². The van der Waals surface area contributed by atoms with Crippen LogP contribution in [0.2, 0.25) is 0 Å². The maximum Gasteiger partial charge on any atom is 0.148 e. The van der Waals surface area contributed by atoms with E-state index in [1.165, 1.54) is 17.0 Å². The molecule has 20 heavy (non-hydrogen) atoms. The highest BCUT2D eigenvalue weighted by Gasteiger charge is 2.16. The third-order valence-electron chi connectivity index (χ3n) is 3.57. The van der Waals surface area contributed by atoms with Gasteiger partial charge in [0, 0.05) is 24.8 Å². The van der Waals surface area contributed by atoms with Crippen molar-refractivity contribution in [2.75, 3.05) is 6.54 Å². The summed E-state index contributed by atoms with van der Waals surface area (Å²) in [6.45, 7) is 9.01. The van der Waals surface area contributed by atoms with Gasteiger partial charge in [0.25, 0.3) is 0 Å². The van der Waals surface area contributed by atoms with Gasteiger partial charge in [-0.1, -0.05) is 20.8 Å². The Labute approximate surface area is 120 Å². The Morgan fingerprint density at radius 2 is 2.00 bits per heavy atom. The third kappa shape index (κ3) is 2.90. The lowest BCUT2D eigenvalue weighted by Crippen LogP contribution is -2.15. The van der Waals surface area contributed by atoms with E-state index in [0.717, 1.165) is 31.8 Å². The molecule has 1 N–H and O–H groups in total. The van der Waals surface area contributed by atoms with Crippen LogP contribution in [0.5, 0.6) is 0 Å². The van der Waals surface area contributed by atoms with Crippen molar-refractivity contribution in [2.24, 2.45) is 7.05 Å². The highest BCUT2D eigenvalue weighted by atomic mass is 15.4. The van der Waals surface area contributed by atoms with E-state index in [4.69, 9.17) is 5.10 Å². The average Bonchev–Trinajstić information content (AvgIpc) is 3.00. The van der Waals surface area contributed by atoms with Gasteiger partial charge < -0.3 is 5.32 Å². The molecule has 2 rings (SSSR count). The number of aryl methyl sites for hydroxylation is 2. The quantitative estimate of drug-likeness (QED) is 0.828. The van der Waals surface area contributed by atoms with E-state index in [-0.39, 0.29) is 0 Å². The smallest absolute Gasteiger partial charge is 0.148 e. The SMILES string of the molecule is CCNCc1c(CC)nn(Cc2ncnn2C)c1CC. The molecule has 0 saturated carbocycles. The Morgan fingerprint density at radius 3 is 2.55 bits per heavy atom. The fourth-order valence-corrected chi connectivity index (χ4v) is 2.45. The molecule has 0 amide bonds. The van der Waals surface area contributed by atoms with Crippen molar-refractivity contribution in [3.05, 3.63) is 29.1 Å². The predicted octanol–water partition coefficient (Wildman–Crippen LogP) is 1.29. The molecule has 0 spiro atoms. The van der Waals surface area contributed by atoms with Crippen LogP contribution in [-0.2, 0) is 33.0 Å². The molecule has 0 bridgehead atoms. The van der Waals surface area contributed by atoms with E-state index in [2.05, 4.69) is 40.9 Å². The van der Waals surface area contributed by atoms with E-state index >= 15 is 0 Å². The fourth-order valence-electron chi connectivity index (χ4n) is 2.45. The van der Waals surface area contributed by atoms with E-state index < -0.39 is 0 Å². The Balaban J connectivity index is 2.32. The van der Waals surface area contributed by atoms with Gasteiger partial charge in [0.05, 0.1) is 5.69 Å². The van der Waals surface area contributed by atoms with Crippen molar-refractivity contribution >= 4 is 0 Å². The van der Waals surface area contributed by atoms with Crippen molar-refractivity contribution in [3.63, 3.8) is 0 Å². The number of aromatic nitrogens is 5. The van der Waals surface area contributed by atoms with Crippen LogP contribution in [0.25, 0.3) is 0 Å². The van der Waals surface area contributed by atoms with Crippen LogP contribution in [0.15, 0.2) is 6.33 Å². The summed E-state index contributed by atoms with van der Waals surface area (Å²) < 4.78 is 3.88. The molecule has 0 aliphatic carbocycles. The standard InChI is InChI=1S/C14H24N6/c1-5-12-11(8-15-7-3)13(6-2)20(18-12)9-14-16-10-17-19(14)4/h10,15H,5-9H2,1-4H3. The summed E-state index contributed by atoms with van der Waals surface area (Å²) in [4.78, 5) is 4.29. The lowest BCUT2D eigenvalue weighted by molar-refractivity contribution is 0.581. The minimum atomic E-state index is 0.679. The van der Waals surface area contributed by atoms with Crippen LogP contribution < -0.4 is 5.32 Å². The molecule has 0 aliphatic rings. The van der Waals surface area contributed by atoms with Gasteiger partial charge in [-0.3, -0.25) is 9.36 Å². The van der Waals surface area contributed by atoms with Crippen LogP contribution in [0.1, 0.15) is 43.5 Å². The van der Waals surface area contributed by atoms with Crippen LogP contribution >= 0.6 is 0 Å². The van der Waals surface area contributed by atoms with E-state index in [0.29, 0.717) is 6.54 Å². The normalized spacial score (nSPS) is 11.2. The molecule has 110 valence electrons. The second-order valence-electron chi connectivity index (χ2n) is 4.82. The summed E-state index contributed by atoms with van der Waals surface area (Å²) in [6, 6.07) is 0. The number of rotatable bonds is 7. The van der Waals surface area contributed by atoms with Crippen molar-refractivity contribution in [1.29, 1.82) is 0 Å². The zero-order valence-corrected chi connectivity index (χ0v) is 12.8.